The molecule has 0 saturated carbocycles. The second kappa shape index (κ2) is 8.73. The molecule has 0 aliphatic heterocycles. The Hall–Kier alpha value is -3.43. The third-order valence-electron chi connectivity index (χ3n) is 4.62. The number of nitro groups is 1. The molecule has 0 amide bonds. The van der Waals surface area contributed by atoms with Gasteiger partial charge >= 0.3 is 0 Å². The van der Waals surface area contributed by atoms with Crippen LogP contribution in [0.25, 0.3) is 20.7 Å². The fraction of sp³-hybridized carbons (Fsp3) is 0.158. The molecular weight excluding hydrogens is 512 g/mol. The zero-order chi connectivity index (χ0) is 24.8. The Morgan fingerprint density at radius 2 is 1.85 bits per heavy atom. The molecule has 4 rings (SSSR count). The van der Waals surface area contributed by atoms with E-state index in [1.165, 1.54) is 11.0 Å². The molecule has 2 aromatic heterocycles. The molecule has 0 N–H and O–H groups in total. The van der Waals surface area contributed by atoms with Crippen molar-refractivity contribution in [2.24, 2.45) is 0 Å². The van der Waals surface area contributed by atoms with E-state index in [0.29, 0.717) is 15.6 Å². The summed E-state index contributed by atoms with van der Waals surface area (Å²) in [5.41, 5.74) is -0.992. The number of halogens is 2. The van der Waals surface area contributed by atoms with Gasteiger partial charge in [-0.15, -0.1) is 10.2 Å². The van der Waals surface area contributed by atoms with Gasteiger partial charge in [0.15, 0.2) is 26.6 Å². The third kappa shape index (κ3) is 4.62. The molecule has 10 nitrogen and oxygen atoms in total. The minimum absolute atomic E-state index is 0.0148. The molecule has 0 bridgehead atoms. The van der Waals surface area contributed by atoms with Crippen molar-refractivity contribution in [2.45, 2.75) is 11.4 Å². The molecule has 176 valence electrons. The Bertz CT molecular complexity index is 1620. The van der Waals surface area contributed by atoms with Gasteiger partial charge in [-0.1, -0.05) is 22.7 Å². The first kappa shape index (κ1) is 23.7. The van der Waals surface area contributed by atoms with E-state index in [9.17, 15) is 32.1 Å². The van der Waals surface area contributed by atoms with Crippen LogP contribution in [0.2, 0.25) is 0 Å². The van der Waals surface area contributed by atoms with Crippen molar-refractivity contribution in [2.75, 3.05) is 18.2 Å². The van der Waals surface area contributed by atoms with Gasteiger partial charge in [-0.25, -0.2) is 17.2 Å². The molecule has 2 aromatic carbocycles. The number of nitro benzene ring substituents is 1. The molecule has 0 aliphatic rings. The lowest BCUT2D eigenvalue weighted by atomic mass is 10.2. The molecule has 0 atom stereocenters. The number of benzene rings is 2. The minimum atomic E-state index is -3.79. The fourth-order valence-electron chi connectivity index (χ4n) is 2.96. The van der Waals surface area contributed by atoms with Crippen molar-refractivity contribution in [3.8, 4) is 10.6 Å². The topological polar surface area (TPSA) is 136 Å². The zero-order valence-electron chi connectivity index (χ0n) is 17.4. The van der Waals surface area contributed by atoms with Crippen LogP contribution in [0.1, 0.15) is 5.01 Å². The summed E-state index contributed by atoms with van der Waals surface area (Å²) in [6.07, 6.45) is 0.887. The van der Waals surface area contributed by atoms with Gasteiger partial charge in [0.1, 0.15) is 14.7 Å². The molecule has 0 spiro atoms. The van der Waals surface area contributed by atoms with Gasteiger partial charge in [0, 0.05) is 24.9 Å². The number of fused-ring (bicyclic) bond motifs is 1. The second-order valence-corrected chi connectivity index (χ2v) is 11.2. The van der Waals surface area contributed by atoms with E-state index >= 15 is 0 Å². The van der Waals surface area contributed by atoms with Crippen LogP contribution in [-0.4, -0.2) is 41.8 Å². The summed E-state index contributed by atoms with van der Waals surface area (Å²) in [5, 5.41) is 20.3. The van der Waals surface area contributed by atoms with Gasteiger partial charge in [-0.3, -0.25) is 14.9 Å². The fourth-order valence-corrected chi connectivity index (χ4v) is 5.53. The number of sulfone groups is 1. The molecule has 0 unspecified atom stereocenters. The molecule has 0 saturated heterocycles. The van der Waals surface area contributed by atoms with Crippen molar-refractivity contribution < 1.29 is 22.1 Å². The Balaban J connectivity index is 1.69. The highest BCUT2D eigenvalue weighted by molar-refractivity contribution is 7.90. The van der Waals surface area contributed by atoms with Crippen molar-refractivity contribution in [1.29, 1.82) is 0 Å². The quantitative estimate of drug-likeness (QED) is 0.274. The number of hydrogen-bond acceptors (Lipinski definition) is 11. The molecule has 0 aliphatic carbocycles. The van der Waals surface area contributed by atoms with Gasteiger partial charge in [-0.2, -0.15) is 4.98 Å². The van der Waals surface area contributed by atoms with Crippen LogP contribution in [0, 0.1) is 21.7 Å². The largest absolute Gasteiger partial charge is 0.344 e. The third-order valence-corrected chi connectivity index (χ3v) is 7.89. The molecule has 4 aromatic rings. The summed E-state index contributed by atoms with van der Waals surface area (Å²) in [6.45, 7) is 0.116. The lowest BCUT2D eigenvalue weighted by Gasteiger charge is -2.15. The van der Waals surface area contributed by atoms with Crippen LogP contribution in [0.5, 0.6) is 0 Å². The highest BCUT2D eigenvalue weighted by Crippen LogP contribution is 2.34. The monoisotopic (exact) mass is 525 g/mol. The van der Waals surface area contributed by atoms with E-state index in [2.05, 4.69) is 15.2 Å². The molecule has 0 radical (unpaired) electrons. The summed E-state index contributed by atoms with van der Waals surface area (Å²) in [4.78, 5) is 28.6. The summed E-state index contributed by atoms with van der Waals surface area (Å²) >= 11 is 1.97. The summed E-state index contributed by atoms with van der Waals surface area (Å²) in [6, 6.07) is 5.34. The predicted octanol–water partition coefficient (Wildman–Crippen LogP) is 3.40. The van der Waals surface area contributed by atoms with Crippen LogP contribution in [0.15, 0.2) is 40.0 Å². The second-order valence-electron chi connectivity index (χ2n) is 7.14. The molecule has 15 heteroatoms. The van der Waals surface area contributed by atoms with Gasteiger partial charge in [-0.05, 0) is 24.3 Å². The van der Waals surface area contributed by atoms with Gasteiger partial charge in [0.2, 0.25) is 0 Å². The van der Waals surface area contributed by atoms with Crippen LogP contribution < -0.4 is 10.5 Å². The van der Waals surface area contributed by atoms with Crippen molar-refractivity contribution in [3.63, 3.8) is 0 Å². The van der Waals surface area contributed by atoms with E-state index in [0.717, 1.165) is 53.2 Å². The molecule has 2 heterocycles. The molecule has 0 fully saturated rings. The van der Waals surface area contributed by atoms with E-state index in [1.54, 1.807) is 7.05 Å². The number of anilines is 1. The van der Waals surface area contributed by atoms with Crippen molar-refractivity contribution in [3.05, 3.63) is 67.4 Å². The normalized spacial score (nSPS) is 11.6. The highest BCUT2D eigenvalue weighted by atomic mass is 32.2. The first-order chi connectivity index (χ1) is 15.9. The van der Waals surface area contributed by atoms with Crippen molar-refractivity contribution in [1.82, 2.24) is 15.2 Å². The Labute approximate surface area is 198 Å². The number of nitrogens with zero attached hydrogens (tertiary/aromatic N) is 5. The lowest BCUT2D eigenvalue weighted by molar-refractivity contribution is -0.383. The smallest absolute Gasteiger partial charge is 0.288 e. The number of non-ortho nitro benzene ring substituents is 1. The van der Waals surface area contributed by atoms with E-state index in [-0.39, 0.29) is 26.7 Å². The Morgan fingerprint density at radius 3 is 2.50 bits per heavy atom. The average molecular weight is 526 g/mol. The van der Waals surface area contributed by atoms with Crippen molar-refractivity contribution >= 4 is 53.4 Å². The molecular formula is C19H13F2N5O5S3. The zero-order valence-corrected chi connectivity index (χ0v) is 19.8. The van der Waals surface area contributed by atoms with Crippen LogP contribution in [0.3, 0.4) is 0 Å². The SMILES string of the molecule is CN(Cc1nnc(-c2ccc(F)c(F)c2)s1)c1nc(=O)c2cc(S(C)(=O)=O)cc([N+](=O)[O-])c2s1. The Morgan fingerprint density at radius 1 is 1.12 bits per heavy atom. The highest BCUT2D eigenvalue weighted by Gasteiger charge is 2.23. The Kier molecular flexibility index (Phi) is 6.09. The van der Waals surface area contributed by atoms with E-state index in [4.69, 9.17) is 0 Å². The number of aromatic nitrogens is 3. The standard InChI is InChI=1S/C19H13F2N5O5S3/c1-25(8-15-23-24-18(32-15)9-3-4-12(20)13(21)5-9)19-22-17(27)11-6-10(34(2,30)31)7-14(26(28)29)16(11)33-19/h3-7H,8H2,1-2H3. The van der Waals surface area contributed by atoms with Crippen LogP contribution in [0.4, 0.5) is 19.6 Å². The van der Waals surface area contributed by atoms with Crippen LogP contribution >= 0.6 is 22.7 Å². The summed E-state index contributed by atoms with van der Waals surface area (Å²) < 4.78 is 50.4. The molecule has 34 heavy (non-hydrogen) atoms. The van der Waals surface area contributed by atoms with Gasteiger partial charge in [0.05, 0.1) is 21.7 Å². The first-order valence-corrected chi connectivity index (χ1v) is 12.8. The van der Waals surface area contributed by atoms with Gasteiger partial charge in [0.25, 0.3) is 11.2 Å². The first-order valence-electron chi connectivity index (χ1n) is 9.26. The maximum Gasteiger partial charge on any atom is 0.288 e. The number of hydrogen-bond donors (Lipinski definition) is 0. The van der Waals surface area contributed by atoms with E-state index < -0.39 is 37.6 Å². The predicted molar refractivity (Wildman–Crippen MR) is 123 cm³/mol. The lowest BCUT2D eigenvalue weighted by Crippen LogP contribution is -2.20. The minimum Gasteiger partial charge on any atom is -0.344 e. The van der Waals surface area contributed by atoms with Gasteiger partial charge < -0.3 is 4.90 Å². The summed E-state index contributed by atoms with van der Waals surface area (Å²) in [7, 11) is -2.21. The number of rotatable bonds is 6. The maximum atomic E-state index is 13.5. The average Bonchev–Trinajstić information content (AvgIpc) is 3.22. The summed E-state index contributed by atoms with van der Waals surface area (Å²) in [5.74, 6) is -2.00. The van der Waals surface area contributed by atoms with Crippen LogP contribution in [-0.2, 0) is 16.4 Å². The van der Waals surface area contributed by atoms with E-state index in [1.807, 2.05) is 0 Å². The maximum absolute atomic E-state index is 13.5.